The Morgan fingerprint density at radius 1 is 1.39 bits per heavy atom. The number of aliphatic hydroxyl groups is 1. The summed E-state index contributed by atoms with van der Waals surface area (Å²) in [4.78, 5) is 5.09. The van der Waals surface area contributed by atoms with Crippen molar-refractivity contribution in [1.82, 2.24) is 9.88 Å². The van der Waals surface area contributed by atoms with Crippen LogP contribution in [-0.4, -0.2) is 40.9 Å². The number of nitrogens with one attached hydrogen (secondary N) is 1. The first-order valence-electron chi connectivity index (χ1n) is 5.27. The van der Waals surface area contributed by atoms with E-state index in [0.717, 1.165) is 4.90 Å². The van der Waals surface area contributed by atoms with E-state index in [2.05, 4.69) is 10.4 Å². The molecule has 1 heterocycles. The molecule has 0 aliphatic carbocycles. The molecular weight excluding hydrogens is 249 g/mol. The molecule has 1 aromatic rings. The van der Waals surface area contributed by atoms with E-state index >= 15 is 0 Å². The van der Waals surface area contributed by atoms with Crippen molar-refractivity contribution < 1.29 is 18.3 Å². The zero-order valence-corrected chi connectivity index (χ0v) is 9.61. The highest BCUT2D eigenvalue weighted by molar-refractivity contribution is 5.33. The standard InChI is InChI=1S/C10H15F3N4O/c11-10(12,13)7-17(4-5-18)6-8-2-1-3-9(15-8)16-14/h1-3,18H,4-7,14H2,(H,15,16). The molecular formula is C10H15F3N4O. The van der Waals surface area contributed by atoms with Crippen molar-refractivity contribution in [1.29, 1.82) is 0 Å². The van der Waals surface area contributed by atoms with Crippen molar-refractivity contribution in [3.05, 3.63) is 23.9 Å². The lowest BCUT2D eigenvalue weighted by molar-refractivity contribution is -0.148. The minimum atomic E-state index is -4.31. The van der Waals surface area contributed by atoms with Crippen molar-refractivity contribution >= 4 is 5.82 Å². The van der Waals surface area contributed by atoms with Gasteiger partial charge in [0, 0.05) is 13.1 Å². The van der Waals surface area contributed by atoms with Crippen LogP contribution in [0.5, 0.6) is 0 Å². The van der Waals surface area contributed by atoms with Crippen LogP contribution in [0.3, 0.4) is 0 Å². The van der Waals surface area contributed by atoms with E-state index in [0.29, 0.717) is 11.5 Å². The normalized spacial score (nSPS) is 11.9. The fraction of sp³-hybridized carbons (Fsp3) is 0.500. The fourth-order valence-electron chi connectivity index (χ4n) is 1.49. The van der Waals surface area contributed by atoms with Gasteiger partial charge in [0.2, 0.25) is 0 Å². The van der Waals surface area contributed by atoms with Crippen LogP contribution in [0.15, 0.2) is 18.2 Å². The third-order valence-electron chi connectivity index (χ3n) is 2.16. The molecule has 0 amide bonds. The largest absolute Gasteiger partial charge is 0.401 e. The van der Waals surface area contributed by atoms with Crippen LogP contribution in [0.25, 0.3) is 0 Å². The SMILES string of the molecule is NNc1cccc(CN(CCO)CC(F)(F)F)n1. The number of aromatic nitrogens is 1. The molecule has 0 aliphatic heterocycles. The minimum Gasteiger partial charge on any atom is -0.395 e. The number of halogens is 3. The first kappa shape index (κ1) is 14.7. The van der Waals surface area contributed by atoms with Crippen molar-refractivity contribution in [2.75, 3.05) is 25.1 Å². The summed E-state index contributed by atoms with van der Waals surface area (Å²) >= 11 is 0. The van der Waals surface area contributed by atoms with E-state index in [-0.39, 0.29) is 19.7 Å². The highest BCUT2D eigenvalue weighted by Gasteiger charge is 2.30. The number of alkyl halides is 3. The van der Waals surface area contributed by atoms with E-state index in [1.54, 1.807) is 18.2 Å². The molecule has 1 rings (SSSR count). The predicted octanol–water partition coefficient (Wildman–Crippen LogP) is 0.724. The van der Waals surface area contributed by atoms with Gasteiger partial charge >= 0.3 is 6.18 Å². The lowest BCUT2D eigenvalue weighted by atomic mass is 10.3. The van der Waals surface area contributed by atoms with E-state index in [1.807, 2.05) is 0 Å². The summed E-state index contributed by atoms with van der Waals surface area (Å²) in [5, 5.41) is 8.75. The number of aliphatic hydroxyl groups excluding tert-OH is 1. The van der Waals surface area contributed by atoms with Gasteiger partial charge in [0.1, 0.15) is 5.82 Å². The molecule has 0 fully saturated rings. The maximum absolute atomic E-state index is 12.3. The smallest absolute Gasteiger partial charge is 0.395 e. The molecule has 4 N–H and O–H groups in total. The Labute approximate surface area is 102 Å². The van der Waals surface area contributed by atoms with E-state index in [4.69, 9.17) is 10.9 Å². The van der Waals surface area contributed by atoms with Crippen LogP contribution in [0, 0.1) is 0 Å². The van der Waals surface area contributed by atoms with Gasteiger partial charge in [-0.2, -0.15) is 13.2 Å². The van der Waals surface area contributed by atoms with Gasteiger partial charge < -0.3 is 10.5 Å². The first-order valence-corrected chi connectivity index (χ1v) is 5.27. The third-order valence-corrected chi connectivity index (χ3v) is 2.16. The quantitative estimate of drug-likeness (QED) is 0.521. The van der Waals surface area contributed by atoms with Gasteiger partial charge in [0.25, 0.3) is 0 Å². The molecule has 5 nitrogen and oxygen atoms in total. The van der Waals surface area contributed by atoms with Crippen LogP contribution in [0.2, 0.25) is 0 Å². The van der Waals surface area contributed by atoms with Crippen LogP contribution in [-0.2, 0) is 6.54 Å². The summed E-state index contributed by atoms with van der Waals surface area (Å²) in [6.07, 6.45) is -4.31. The van der Waals surface area contributed by atoms with E-state index < -0.39 is 12.7 Å². The van der Waals surface area contributed by atoms with Crippen molar-refractivity contribution in [2.45, 2.75) is 12.7 Å². The van der Waals surface area contributed by atoms with Crippen LogP contribution >= 0.6 is 0 Å². The fourth-order valence-corrected chi connectivity index (χ4v) is 1.49. The maximum atomic E-state index is 12.3. The number of nitrogens with zero attached hydrogens (tertiary/aromatic N) is 2. The maximum Gasteiger partial charge on any atom is 0.401 e. The molecule has 0 aromatic carbocycles. The van der Waals surface area contributed by atoms with Crippen molar-refractivity contribution in [2.24, 2.45) is 5.84 Å². The summed E-state index contributed by atoms with van der Waals surface area (Å²) in [7, 11) is 0. The Balaban J connectivity index is 2.69. The number of nitrogens with two attached hydrogens (primary N) is 1. The van der Waals surface area contributed by atoms with Crippen molar-refractivity contribution in [3.8, 4) is 0 Å². The van der Waals surface area contributed by atoms with Gasteiger partial charge in [-0.3, -0.25) is 4.90 Å². The average Bonchev–Trinajstić information content (AvgIpc) is 2.27. The Hall–Kier alpha value is -1.38. The minimum absolute atomic E-state index is 0.00438. The summed E-state index contributed by atoms with van der Waals surface area (Å²) in [6, 6.07) is 4.84. The number of rotatable bonds is 6. The Morgan fingerprint density at radius 3 is 2.67 bits per heavy atom. The second-order valence-corrected chi connectivity index (χ2v) is 3.71. The topological polar surface area (TPSA) is 74.4 Å². The molecule has 0 saturated carbocycles. The Morgan fingerprint density at radius 2 is 2.11 bits per heavy atom. The number of nitrogen functional groups attached to an aromatic ring is 1. The molecule has 0 saturated heterocycles. The highest BCUT2D eigenvalue weighted by atomic mass is 19.4. The Kier molecular flexibility index (Phi) is 5.32. The predicted molar refractivity (Wildman–Crippen MR) is 60.5 cm³/mol. The molecule has 0 unspecified atom stereocenters. The van der Waals surface area contributed by atoms with Gasteiger partial charge in [-0.15, -0.1) is 0 Å². The number of pyridine rings is 1. The number of hydrogen-bond donors (Lipinski definition) is 3. The molecule has 1 aromatic heterocycles. The van der Waals surface area contributed by atoms with Gasteiger partial charge in [0.05, 0.1) is 18.8 Å². The summed E-state index contributed by atoms with van der Waals surface area (Å²) in [6.45, 7) is -1.50. The monoisotopic (exact) mass is 264 g/mol. The van der Waals surface area contributed by atoms with Crippen LogP contribution < -0.4 is 11.3 Å². The molecule has 18 heavy (non-hydrogen) atoms. The summed E-state index contributed by atoms with van der Waals surface area (Å²) < 4.78 is 36.9. The zero-order chi connectivity index (χ0) is 13.6. The van der Waals surface area contributed by atoms with Gasteiger partial charge in [-0.05, 0) is 12.1 Å². The third kappa shape index (κ3) is 5.30. The molecule has 0 aliphatic rings. The summed E-state index contributed by atoms with van der Waals surface area (Å²) in [5.41, 5.74) is 2.77. The second kappa shape index (κ2) is 6.53. The molecule has 0 spiro atoms. The van der Waals surface area contributed by atoms with Crippen molar-refractivity contribution in [3.63, 3.8) is 0 Å². The Bertz CT molecular complexity index is 372. The van der Waals surface area contributed by atoms with E-state index in [1.165, 1.54) is 0 Å². The molecule has 0 radical (unpaired) electrons. The lowest BCUT2D eigenvalue weighted by Crippen LogP contribution is -2.36. The van der Waals surface area contributed by atoms with Gasteiger partial charge in [-0.25, -0.2) is 10.8 Å². The van der Waals surface area contributed by atoms with Gasteiger partial charge in [0.15, 0.2) is 0 Å². The second-order valence-electron chi connectivity index (χ2n) is 3.71. The summed E-state index contributed by atoms with van der Waals surface area (Å²) in [5.74, 6) is 5.54. The lowest BCUT2D eigenvalue weighted by Gasteiger charge is -2.22. The first-order chi connectivity index (χ1) is 8.44. The van der Waals surface area contributed by atoms with E-state index in [9.17, 15) is 13.2 Å². The zero-order valence-electron chi connectivity index (χ0n) is 9.61. The molecule has 102 valence electrons. The number of hydrogen-bond acceptors (Lipinski definition) is 5. The molecule has 8 heteroatoms. The van der Waals surface area contributed by atoms with Crippen LogP contribution in [0.1, 0.15) is 5.69 Å². The number of hydrazine groups is 1. The van der Waals surface area contributed by atoms with Gasteiger partial charge in [-0.1, -0.05) is 6.07 Å². The molecule has 0 atom stereocenters. The average molecular weight is 264 g/mol. The highest BCUT2D eigenvalue weighted by Crippen LogP contribution is 2.17. The number of anilines is 1. The molecule has 0 bridgehead atoms. The van der Waals surface area contributed by atoms with Crippen LogP contribution in [0.4, 0.5) is 19.0 Å².